The molecule has 0 amide bonds. The first-order chi connectivity index (χ1) is 8.87. The third kappa shape index (κ3) is 5.11. The zero-order valence-corrected chi connectivity index (χ0v) is 11.2. The fourth-order valence-electron chi connectivity index (χ4n) is 1.93. The number of halogens is 3. The Morgan fingerprint density at radius 3 is 2.16 bits per heavy atom. The van der Waals surface area contributed by atoms with Crippen molar-refractivity contribution in [3.8, 4) is 0 Å². The molecule has 1 N–H and O–H groups in total. The predicted molar refractivity (Wildman–Crippen MR) is 70.3 cm³/mol. The number of hydrogen-bond donors (Lipinski definition) is 1. The molecule has 0 aliphatic heterocycles. The summed E-state index contributed by atoms with van der Waals surface area (Å²) in [6, 6.07) is 6.64. The molecule has 1 rings (SSSR count). The molecule has 0 saturated carbocycles. The summed E-state index contributed by atoms with van der Waals surface area (Å²) < 4.78 is 37.5. The first-order valence-corrected chi connectivity index (χ1v) is 6.47. The summed E-state index contributed by atoms with van der Waals surface area (Å²) in [5.74, 6) is 0. The maximum atomic E-state index is 12.5. The Labute approximate surface area is 111 Å². The molecule has 2 nitrogen and oxygen atoms in total. The number of rotatable bonds is 6. The van der Waals surface area contributed by atoms with Gasteiger partial charge in [-0.15, -0.1) is 0 Å². The molecule has 0 heterocycles. The zero-order valence-electron chi connectivity index (χ0n) is 11.2. The van der Waals surface area contributed by atoms with Gasteiger partial charge in [-0.1, -0.05) is 26.0 Å². The van der Waals surface area contributed by atoms with E-state index in [9.17, 15) is 18.3 Å². The lowest BCUT2D eigenvalue weighted by molar-refractivity contribution is -0.119. The van der Waals surface area contributed by atoms with Gasteiger partial charge in [0.1, 0.15) is 6.54 Å². The quantitative estimate of drug-likeness (QED) is 0.851. The van der Waals surface area contributed by atoms with Gasteiger partial charge in [-0.25, -0.2) is 0 Å². The molecule has 0 bridgehead atoms. The molecule has 1 aromatic carbocycles. The number of nitrogens with zero attached hydrogens (tertiary/aromatic N) is 1. The van der Waals surface area contributed by atoms with Gasteiger partial charge in [-0.2, -0.15) is 13.2 Å². The van der Waals surface area contributed by atoms with Gasteiger partial charge >= 0.3 is 6.18 Å². The maximum absolute atomic E-state index is 12.5. The summed E-state index contributed by atoms with van der Waals surface area (Å²) in [6.45, 7) is 3.11. The largest absolute Gasteiger partial charge is 0.405 e. The minimum absolute atomic E-state index is 0.356. The van der Waals surface area contributed by atoms with Gasteiger partial charge in [-0.05, 0) is 30.5 Å². The number of aliphatic hydroxyl groups is 1. The molecular weight excluding hydrogens is 255 g/mol. The molecule has 1 aromatic rings. The van der Waals surface area contributed by atoms with E-state index in [0.29, 0.717) is 25.1 Å². The van der Waals surface area contributed by atoms with Crippen LogP contribution in [-0.4, -0.2) is 24.4 Å². The van der Waals surface area contributed by atoms with Crippen LogP contribution in [0.1, 0.15) is 38.4 Å². The van der Waals surface area contributed by atoms with Gasteiger partial charge < -0.3 is 10.0 Å². The van der Waals surface area contributed by atoms with Crippen molar-refractivity contribution in [3.05, 3.63) is 29.8 Å². The summed E-state index contributed by atoms with van der Waals surface area (Å²) in [5, 5.41) is 9.65. The minimum atomic E-state index is -4.21. The van der Waals surface area contributed by atoms with E-state index in [4.69, 9.17) is 0 Å². The number of hydrogen-bond acceptors (Lipinski definition) is 2. The van der Waals surface area contributed by atoms with Crippen molar-refractivity contribution in [2.24, 2.45) is 0 Å². The molecule has 108 valence electrons. The molecule has 0 fully saturated rings. The van der Waals surface area contributed by atoms with Gasteiger partial charge in [0.15, 0.2) is 0 Å². The molecule has 0 aromatic heterocycles. The molecule has 0 spiro atoms. The maximum Gasteiger partial charge on any atom is 0.405 e. The van der Waals surface area contributed by atoms with E-state index in [1.165, 1.54) is 4.90 Å². The van der Waals surface area contributed by atoms with Gasteiger partial charge in [0.2, 0.25) is 0 Å². The SMILES string of the molecule is CCCN(CC(F)(F)F)c1ccc([C@H](O)CC)cc1. The predicted octanol–water partition coefficient (Wildman–Crippen LogP) is 3.91. The number of aliphatic hydroxyl groups excluding tert-OH is 1. The van der Waals surface area contributed by atoms with Crippen molar-refractivity contribution in [2.45, 2.75) is 39.0 Å². The molecule has 1 atom stereocenters. The highest BCUT2D eigenvalue weighted by Gasteiger charge is 2.30. The Bertz CT molecular complexity index is 375. The average molecular weight is 275 g/mol. The fourth-order valence-corrected chi connectivity index (χ4v) is 1.93. The van der Waals surface area contributed by atoms with Crippen LogP contribution in [0.5, 0.6) is 0 Å². The topological polar surface area (TPSA) is 23.5 Å². The van der Waals surface area contributed by atoms with Crippen LogP contribution in [0.25, 0.3) is 0 Å². The van der Waals surface area contributed by atoms with E-state index in [1.807, 2.05) is 13.8 Å². The van der Waals surface area contributed by atoms with Crippen molar-refractivity contribution in [3.63, 3.8) is 0 Å². The van der Waals surface area contributed by atoms with E-state index < -0.39 is 18.8 Å². The fraction of sp³-hybridized carbons (Fsp3) is 0.571. The van der Waals surface area contributed by atoms with Gasteiger partial charge in [0.05, 0.1) is 6.10 Å². The van der Waals surface area contributed by atoms with Gasteiger partial charge in [-0.3, -0.25) is 0 Å². The zero-order chi connectivity index (χ0) is 14.5. The Morgan fingerprint density at radius 2 is 1.74 bits per heavy atom. The second-order valence-corrected chi connectivity index (χ2v) is 4.55. The highest BCUT2D eigenvalue weighted by Crippen LogP contribution is 2.24. The van der Waals surface area contributed by atoms with Crippen molar-refractivity contribution in [1.82, 2.24) is 0 Å². The van der Waals surface area contributed by atoms with E-state index >= 15 is 0 Å². The van der Waals surface area contributed by atoms with E-state index in [1.54, 1.807) is 24.3 Å². The van der Waals surface area contributed by atoms with Crippen LogP contribution < -0.4 is 4.90 Å². The molecule has 5 heteroatoms. The Morgan fingerprint density at radius 1 is 1.16 bits per heavy atom. The summed E-state index contributed by atoms with van der Waals surface area (Å²) in [6.07, 6.45) is -3.54. The van der Waals surface area contributed by atoms with E-state index in [2.05, 4.69) is 0 Å². The molecule has 0 saturated heterocycles. The van der Waals surface area contributed by atoms with Crippen LogP contribution >= 0.6 is 0 Å². The third-order valence-corrected chi connectivity index (χ3v) is 2.89. The second kappa shape index (κ2) is 6.80. The van der Waals surface area contributed by atoms with Crippen molar-refractivity contribution >= 4 is 5.69 Å². The van der Waals surface area contributed by atoms with Gasteiger partial charge in [0.25, 0.3) is 0 Å². The average Bonchev–Trinajstić information content (AvgIpc) is 2.36. The van der Waals surface area contributed by atoms with Crippen LogP contribution in [0, 0.1) is 0 Å². The van der Waals surface area contributed by atoms with Crippen LogP contribution in [-0.2, 0) is 0 Å². The van der Waals surface area contributed by atoms with E-state index in [-0.39, 0.29) is 0 Å². The highest BCUT2D eigenvalue weighted by atomic mass is 19.4. The molecular formula is C14H20F3NO. The standard InChI is InChI=1S/C14H20F3NO/c1-3-9-18(10-14(15,16)17)12-7-5-11(6-8-12)13(19)4-2/h5-8,13,19H,3-4,9-10H2,1-2H3/t13-/m1/s1. The van der Waals surface area contributed by atoms with Gasteiger partial charge in [0, 0.05) is 12.2 Å². The number of alkyl halides is 3. The Balaban J connectivity index is 2.85. The minimum Gasteiger partial charge on any atom is -0.388 e. The van der Waals surface area contributed by atoms with Crippen LogP contribution in [0.4, 0.5) is 18.9 Å². The van der Waals surface area contributed by atoms with E-state index in [0.717, 1.165) is 5.56 Å². The van der Waals surface area contributed by atoms with Crippen molar-refractivity contribution in [1.29, 1.82) is 0 Å². The normalized spacial score (nSPS) is 13.4. The summed E-state index contributed by atoms with van der Waals surface area (Å²) in [4.78, 5) is 1.31. The summed E-state index contributed by atoms with van der Waals surface area (Å²) in [7, 11) is 0. The highest BCUT2D eigenvalue weighted by molar-refractivity contribution is 5.48. The Kier molecular flexibility index (Phi) is 5.66. The first kappa shape index (κ1) is 15.8. The lowest BCUT2D eigenvalue weighted by atomic mass is 10.1. The molecule has 0 unspecified atom stereocenters. The smallest absolute Gasteiger partial charge is 0.388 e. The summed E-state index contributed by atoms with van der Waals surface area (Å²) >= 11 is 0. The van der Waals surface area contributed by atoms with Crippen LogP contribution in [0.15, 0.2) is 24.3 Å². The lowest BCUT2D eigenvalue weighted by Gasteiger charge is -2.26. The van der Waals surface area contributed by atoms with Crippen LogP contribution in [0.2, 0.25) is 0 Å². The van der Waals surface area contributed by atoms with Crippen molar-refractivity contribution in [2.75, 3.05) is 18.0 Å². The first-order valence-electron chi connectivity index (χ1n) is 6.47. The molecule has 0 aliphatic carbocycles. The monoisotopic (exact) mass is 275 g/mol. The van der Waals surface area contributed by atoms with Crippen molar-refractivity contribution < 1.29 is 18.3 Å². The third-order valence-electron chi connectivity index (χ3n) is 2.89. The van der Waals surface area contributed by atoms with Crippen LogP contribution in [0.3, 0.4) is 0 Å². The lowest BCUT2D eigenvalue weighted by Crippen LogP contribution is -2.34. The summed E-state index contributed by atoms with van der Waals surface area (Å²) in [5.41, 5.74) is 1.26. The molecule has 19 heavy (non-hydrogen) atoms. The Hall–Kier alpha value is -1.23. The number of benzene rings is 1. The second-order valence-electron chi connectivity index (χ2n) is 4.55. The number of anilines is 1. The molecule has 0 aliphatic rings. The molecule has 0 radical (unpaired) electrons.